The fraction of sp³-hybridized carbons (Fsp3) is 0.176. The Labute approximate surface area is 147 Å². The molecule has 6 nitrogen and oxygen atoms in total. The molecule has 4 aromatic rings. The van der Waals surface area contributed by atoms with E-state index in [4.69, 9.17) is 0 Å². The molecule has 0 aliphatic rings. The van der Waals surface area contributed by atoms with Gasteiger partial charge in [-0.15, -0.1) is 11.8 Å². The Hall–Kier alpha value is -2.74. The van der Waals surface area contributed by atoms with E-state index in [1.54, 1.807) is 41.0 Å². The molecular formula is C17H15FN6S. The van der Waals surface area contributed by atoms with E-state index in [-0.39, 0.29) is 5.82 Å². The highest BCUT2D eigenvalue weighted by atomic mass is 32.2. The van der Waals surface area contributed by atoms with Crippen LogP contribution in [0.2, 0.25) is 0 Å². The maximum absolute atomic E-state index is 13.1. The second kappa shape index (κ2) is 6.64. The van der Waals surface area contributed by atoms with Crippen LogP contribution in [-0.2, 0) is 6.54 Å². The molecule has 1 aromatic carbocycles. The third kappa shape index (κ3) is 3.12. The van der Waals surface area contributed by atoms with E-state index in [0.717, 1.165) is 34.2 Å². The number of aryl methyl sites for hydroxylation is 2. The van der Waals surface area contributed by atoms with Gasteiger partial charge in [-0.2, -0.15) is 5.10 Å². The highest BCUT2D eigenvalue weighted by molar-refractivity contribution is 7.99. The molecule has 0 saturated carbocycles. The van der Waals surface area contributed by atoms with Gasteiger partial charge in [-0.25, -0.2) is 24.0 Å². The minimum Gasteiger partial charge on any atom is -0.334 e. The molecule has 0 amide bonds. The van der Waals surface area contributed by atoms with Gasteiger partial charge in [-0.3, -0.25) is 0 Å². The molecule has 25 heavy (non-hydrogen) atoms. The van der Waals surface area contributed by atoms with Gasteiger partial charge in [-0.1, -0.05) is 0 Å². The zero-order valence-electron chi connectivity index (χ0n) is 13.5. The summed E-state index contributed by atoms with van der Waals surface area (Å²) in [5.74, 6) is 1.59. The SMILES string of the molecule is Cc1nccn1CCSc1ncnc2c1cnn2-c1ccc(F)cc1. The molecule has 0 spiro atoms. The number of benzene rings is 1. The Bertz CT molecular complexity index is 1010. The monoisotopic (exact) mass is 354 g/mol. The van der Waals surface area contributed by atoms with Crippen LogP contribution in [-0.4, -0.2) is 35.1 Å². The van der Waals surface area contributed by atoms with Crippen molar-refractivity contribution in [2.75, 3.05) is 5.75 Å². The first-order valence-corrected chi connectivity index (χ1v) is 8.76. The van der Waals surface area contributed by atoms with E-state index in [9.17, 15) is 4.39 Å². The molecule has 3 heterocycles. The molecule has 0 fully saturated rings. The molecule has 0 radical (unpaired) electrons. The average Bonchev–Trinajstić information content (AvgIpc) is 3.23. The van der Waals surface area contributed by atoms with Gasteiger partial charge in [0.15, 0.2) is 5.65 Å². The van der Waals surface area contributed by atoms with Crippen molar-refractivity contribution in [3.8, 4) is 5.69 Å². The van der Waals surface area contributed by atoms with E-state index in [1.165, 1.54) is 18.5 Å². The minimum absolute atomic E-state index is 0.277. The standard InChI is InChI=1S/C17H15FN6S/c1-12-19-6-7-23(12)8-9-25-17-15-10-22-24(16(15)20-11-21-17)14-4-2-13(18)3-5-14/h2-7,10-11H,8-9H2,1H3. The van der Waals surface area contributed by atoms with E-state index >= 15 is 0 Å². The summed E-state index contributed by atoms with van der Waals surface area (Å²) in [6.07, 6.45) is 7.06. The molecule has 0 atom stereocenters. The zero-order chi connectivity index (χ0) is 17.2. The fourth-order valence-electron chi connectivity index (χ4n) is 2.59. The lowest BCUT2D eigenvalue weighted by atomic mass is 10.3. The summed E-state index contributed by atoms with van der Waals surface area (Å²) < 4.78 is 16.9. The number of halogens is 1. The molecule has 0 bridgehead atoms. The summed E-state index contributed by atoms with van der Waals surface area (Å²) in [6, 6.07) is 6.18. The van der Waals surface area contributed by atoms with Crippen LogP contribution in [0.15, 0.2) is 54.2 Å². The third-order valence-corrected chi connectivity index (χ3v) is 4.88. The Morgan fingerprint density at radius 2 is 1.96 bits per heavy atom. The Morgan fingerprint density at radius 3 is 2.72 bits per heavy atom. The molecule has 0 aliphatic carbocycles. The normalized spacial score (nSPS) is 11.3. The van der Waals surface area contributed by atoms with Crippen LogP contribution in [0, 0.1) is 12.7 Å². The van der Waals surface area contributed by atoms with E-state index in [0.29, 0.717) is 5.65 Å². The number of rotatable bonds is 5. The highest BCUT2D eigenvalue weighted by Crippen LogP contribution is 2.26. The van der Waals surface area contributed by atoms with Crippen molar-refractivity contribution in [3.05, 3.63) is 60.8 Å². The van der Waals surface area contributed by atoms with Crippen LogP contribution in [0.4, 0.5) is 4.39 Å². The van der Waals surface area contributed by atoms with E-state index < -0.39 is 0 Å². The minimum atomic E-state index is -0.277. The highest BCUT2D eigenvalue weighted by Gasteiger charge is 2.11. The summed E-state index contributed by atoms with van der Waals surface area (Å²) in [6.45, 7) is 2.84. The Kier molecular flexibility index (Phi) is 4.19. The van der Waals surface area contributed by atoms with Crippen LogP contribution in [0.5, 0.6) is 0 Å². The molecule has 4 rings (SSSR count). The van der Waals surface area contributed by atoms with Crippen LogP contribution in [0.1, 0.15) is 5.82 Å². The summed E-state index contributed by atoms with van der Waals surface area (Å²) in [7, 11) is 0. The average molecular weight is 354 g/mol. The van der Waals surface area contributed by atoms with Gasteiger partial charge in [0.05, 0.1) is 17.3 Å². The fourth-order valence-corrected chi connectivity index (χ4v) is 3.49. The number of nitrogens with zero attached hydrogens (tertiary/aromatic N) is 6. The lowest BCUT2D eigenvalue weighted by Gasteiger charge is -2.06. The molecular weight excluding hydrogens is 339 g/mol. The Morgan fingerprint density at radius 1 is 1.12 bits per heavy atom. The second-order valence-corrected chi connectivity index (χ2v) is 6.55. The molecule has 8 heteroatoms. The number of aromatic nitrogens is 6. The van der Waals surface area contributed by atoms with Crippen molar-refractivity contribution in [3.63, 3.8) is 0 Å². The van der Waals surface area contributed by atoms with Crippen molar-refractivity contribution < 1.29 is 4.39 Å². The van der Waals surface area contributed by atoms with Crippen molar-refractivity contribution in [1.29, 1.82) is 0 Å². The number of thioether (sulfide) groups is 1. The van der Waals surface area contributed by atoms with Crippen LogP contribution >= 0.6 is 11.8 Å². The maximum Gasteiger partial charge on any atom is 0.167 e. The third-order valence-electron chi connectivity index (χ3n) is 3.90. The van der Waals surface area contributed by atoms with Gasteiger partial charge in [0.2, 0.25) is 0 Å². The summed E-state index contributed by atoms with van der Waals surface area (Å²) in [5, 5.41) is 6.16. The molecule has 0 aliphatic heterocycles. The van der Waals surface area contributed by atoms with Crippen molar-refractivity contribution in [1.82, 2.24) is 29.3 Å². The quantitative estimate of drug-likeness (QED) is 0.407. The van der Waals surface area contributed by atoms with Crippen molar-refractivity contribution in [2.45, 2.75) is 18.5 Å². The van der Waals surface area contributed by atoms with Gasteiger partial charge in [0.25, 0.3) is 0 Å². The number of fused-ring (bicyclic) bond motifs is 1. The molecule has 0 unspecified atom stereocenters. The first kappa shape index (κ1) is 15.8. The largest absolute Gasteiger partial charge is 0.334 e. The lowest BCUT2D eigenvalue weighted by molar-refractivity contribution is 0.627. The number of imidazole rings is 1. The van der Waals surface area contributed by atoms with Gasteiger partial charge in [0.1, 0.15) is 23.0 Å². The van der Waals surface area contributed by atoms with Gasteiger partial charge >= 0.3 is 0 Å². The van der Waals surface area contributed by atoms with Crippen LogP contribution in [0.3, 0.4) is 0 Å². The summed E-state index contributed by atoms with van der Waals surface area (Å²) in [5.41, 5.74) is 1.48. The van der Waals surface area contributed by atoms with Gasteiger partial charge in [0, 0.05) is 24.7 Å². The number of hydrogen-bond donors (Lipinski definition) is 0. The lowest BCUT2D eigenvalue weighted by Crippen LogP contribution is -2.02. The molecule has 3 aromatic heterocycles. The van der Waals surface area contributed by atoms with E-state index in [1.807, 2.05) is 13.1 Å². The molecule has 0 N–H and O–H groups in total. The topological polar surface area (TPSA) is 61.4 Å². The van der Waals surface area contributed by atoms with Crippen LogP contribution in [0.25, 0.3) is 16.7 Å². The zero-order valence-corrected chi connectivity index (χ0v) is 14.3. The molecule has 0 saturated heterocycles. The first-order chi connectivity index (χ1) is 12.2. The summed E-state index contributed by atoms with van der Waals surface area (Å²) >= 11 is 1.65. The summed E-state index contributed by atoms with van der Waals surface area (Å²) in [4.78, 5) is 12.9. The Balaban J connectivity index is 1.58. The maximum atomic E-state index is 13.1. The smallest absolute Gasteiger partial charge is 0.167 e. The van der Waals surface area contributed by atoms with Crippen LogP contribution < -0.4 is 0 Å². The van der Waals surface area contributed by atoms with Crippen molar-refractivity contribution >= 4 is 22.8 Å². The van der Waals surface area contributed by atoms with Crippen molar-refractivity contribution in [2.24, 2.45) is 0 Å². The van der Waals surface area contributed by atoms with Gasteiger partial charge < -0.3 is 4.57 Å². The first-order valence-electron chi connectivity index (χ1n) is 7.77. The molecule has 126 valence electrons. The van der Waals surface area contributed by atoms with Gasteiger partial charge in [-0.05, 0) is 31.2 Å². The second-order valence-electron chi connectivity index (χ2n) is 5.47. The predicted octanol–water partition coefficient (Wildman–Crippen LogP) is 3.25. The van der Waals surface area contributed by atoms with E-state index in [2.05, 4.69) is 24.6 Å². The predicted molar refractivity (Wildman–Crippen MR) is 94.3 cm³/mol. The number of hydrogen-bond acceptors (Lipinski definition) is 5.